The minimum atomic E-state index is -0.0779. The largest absolute Gasteiger partial charge is 0.508 e. The number of phenols is 1. The highest BCUT2D eigenvalue weighted by Crippen LogP contribution is 2.11. The summed E-state index contributed by atoms with van der Waals surface area (Å²) >= 11 is 3.19. The number of aromatic nitrogens is 1. The standard InChI is InChI=1S/C12H10BrNO2/c13-11-5-2-6-14(12(11)16)8-9-3-1-4-10(15)7-9/h1-7,15H,8H2. The lowest BCUT2D eigenvalue weighted by Gasteiger charge is -2.06. The van der Waals surface area contributed by atoms with Crippen molar-refractivity contribution in [1.29, 1.82) is 0 Å². The van der Waals surface area contributed by atoms with Crippen LogP contribution in [0.1, 0.15) is 5.56 Å². The van der Waals surface area contributed by atoms with Crippen LogP contribution < -0.4 is 5.56 Å². The minimum absolute atomic E-state index is 0.0779. The van der Waals surface area contributed by atoms with Crippen molar-refractivity contribution in [3.05, 3.63) is 63.0 Å². The summed E-state index contributed by atoms with van der Waals surface area (Å²) in [4.78, 5) is 11.7. The molecule has 0 aliphatic carbocycles. The van der Waals surface area contributed by atoms with Gasteiger partial charge in [-0.25, -0.2) is 0 Å². The van der Waals surface area contributed by atoms with E-state index in [2.05, 4.69) is 15.9 Å². The van der Waals surface area contributed by atoms with Gasteiger partial charge in [0.25, 0.3) is 5.56 Å². The van der Waals surface area contributed by atoms with Gasteiger partial charge in [0, 0.05) is 6.20 Å². The molecule has 0 bridgehead atoms. The van der Waals surface area contributed by atoms with Crippen LogP contribution in [0.15, 0.2) is 51.9 Å². The first-order valence-electron chi connectivity index (χ1n) is 4.80. The predicted molar refractivity (Wildman–Crippen MR) is 65.6 cm³/mol. The fraction of sp³-hybridized carbons (Fsp3) is 0.0833. The molecule has 1 aromatic heterocycles. The zero-order valence-electron chi connectivity index (χ0n) is 8.43. The maximum absolute atomic E-state index is 11.7. The van der Waals surface area contributed by atoms with Gasteiger partial charge >= 0.3 is 0 Å². The summed E-state index contributed by atoms with van der Waals surface area (Å²) in [6.45, 7) is 0.451. The van der Waals surface area contributed by atoms with Crippen LogP contribution in [0.4, 0.5) is 0 Å². The van der Waals surface area contributed by atoms with Gasteiger partial charge in [-0.3, -0.25) is 4.79 Å². The number of hydrogen-bond acceptors (Lipinski definition) is 2. The SMILES string of the molecule is O=c1c(Br)cccn1Cc1cccc(O)c1. The molecule has 0 atom stereocenters. The van der Waals surface area contributed by atoms with Crippen molar-refractivity contribution in [2.75, 3.05) is 0 Å². The summed E-state index contributed by atoms with van der Waals surface area (Å²) < 4.78 is 2.12. The van der Waals surface area contributed by atoms with Crippen LogP contribution in [0.3, 0.4) is 0 Å². The lowest BCUT2D eigenvalue weighted by molar-refractivity contribution is 0.474. The highest BCUT2D eigenvalue weighted by molar-refractivity contribution is 9.10. The number of aromatic hydroxyl groups is 1. The van der Waals surface area contributed by atoms with E-state index in [0.29, 0.717) is 11.0 Å². The Morgan fingerprint density at radius 1 is 1.25 bits per heavy atom. The molecule has 0 radical (unpaired) electrons. The van der Waals surface area contributed by atoms with Crippen molar-refractivity contribution in [2.45, 2.75) is 6.54 Å². The molecule has 2 rings (SSSR count). The lowest BCUT2D eigenvalue weighted by Crippen LogP contribution is -2.20. The van der Waals surface area contributed by atoms with Crippen LogP contribution >= 0.6 is 15.9 Å². The van der Waals surface area contributed by atoms with Crippen LogP contribution in [0.25, 0.3) is 0 Å². The number of phenolic OH excluding ortho intramolecular Hbond substituents is 1. The number of halogens is 1. The molecule has 1 heterocycles. The average molecular weight is 280 g/mol. The van der Waals surface area contributed by atoms with Crippen molar-refractivity contribution >= 4 is 15.9 Å². The monoisotopic (exact) mass is 279 g/mol. The smallest absolute Gasteiger partial charge is 0.265 e. The van der Waals surface area contributed by atoms with Gasteiger partial charge in [0.2, 0.25) is 0 Å². The molecular formula is C12H10BrNO2. The van der Waals surface area contributed by atoms with E-state index in [4.69, 9.17) is 0 Å². The normalized spacial score (nSPS) is 10.3. The Bertz CT molecular complexity index is 563. The quantitative estimate of drug-likeness (QED) is 0.917. The second-order valence-electron chi connectivity index (χ2n) is 3.46. The van der Waals surface area contributed by atoms with Gasteiger partial charge in [-0.15, -0.1) is 0 Å². The summed E-state index contributed by atoms with van der Waals surface area (Å²) in [7, 11) is 0. The minimum Gasteiger partial charge on any atom is -0.508 e. The van der Waals surface area contributed by atoms with Gasteiger partial charge in [-0.1, -0.05) is 12.1 Å². The molecule has 0 spiro atoms. The molecule has 2 aromatic rings. The Balaban J connectivity index is 2.34. The van der Waals surface area contributed by atoms with Gasteiger partial charge < -0.3 is 9.67 Å². The van der Waals surface area contributed by atoms with Crippen LogP contribution in [-0.2, 0) is 6.54 Å². The van der Waals surface area contributed by atoms with Crippen molar-refractivity contribution in [3.63, 3.8) is 0 Å². The Labute approximate surface area is 101 Å². The summed E-state index contributed by atoms with van der Waals surface area (Å²) in [6.07, 6.45) is 1.72. The number of pyridine rings is 1. The third-order valence-corrected chi connectivity index (χ3v) is 2.84. The molecule has 16 heavy (non-hydrogen) atoms. The second-order valence-corrected chi connectivity index (χ2v) is 4.31. The topological polar surface area (TPSA) is 42.2 Å². The maximum Gasteiger partial charge on any atom is 0.265 e. The third kappa shape index (κ3) is 2.33. The van der Waals surface area contributed by atoms with Gasteiger partial charge in [0.1, 0.15) is 5.75 Å². The number of benzene rings is 1. The molecule has 0 unspecified atom stereocenters. The van der Waals surface area contributed by atoms with E-state index in [-0.39, 0.29) is 11.3 Å². The second kappa shape index (κ2) is 4.53. The van der Waals surface area contributed by atoms with E-state index in [9.17, 15) is 9.90 Å². The van der Waals surface area contributed by atoms with E-state index in [1.807, 2.05) is 6.07 Å². The fourth-order valence-electron chi connectivity index (χ4n) is 1.48. The molecule has 0 fully saturated rings. The highest BCUT2D eigenvalue weighted by Gasteiger charge is 2.01. The van der Waals surface area contributed by atoms with Crippen molar-refractivity contribution in [1.82, 2.24) is 4.57 Å². The number of hydrogen-bond donors (Lipinski definition) is 1. The van der Waals surface area contributed by atoms with E-state index >= 15 is 0 Å². The molecule has 0 saturated carbocycles. The zero-order valence-corrected chi connectivity index (χ0v) is 10.0. The zero-order chi connectivity index (χ0) is 11.5. The Morgan fingerprint density at radius 3 is 2.81 bits per heavy atom. The van der Waals surface area contributed by atoms with Crippen LogP contribution in [0.5, 0.6) is 5.75 Å². The molecule has 0 aliphatic heterocycles. The molecule has 4 heteroatoms. The molecule has 0 saturated heterocycles. The van der Waals surface area contributed by atoms with Gasteiger partial charge in [0.05, 0.1) is 11.0 Å². The van der Waals surface area contributed by atoms with Crippen molar-refractivity contribution in [2.24, 2.45) is 0 Å². The van der Waals surface area contributed by atoms with Gasteiger partial charge in [-0.05, 0) is 45.8 Å². The van der Waals surface area contributed by atoms with Crippen LogP contribution in [0.2, 0.25) is 0 Å². The molecule has 82 valence electrons. The van der Waals surface area contributed by atoms with Crippen LogP contribution in [-0.4, -0.2) is 9.67 Å². The molecule has 0 amide bonds. The maximum atomic E-state index is 11.7. The third-order valence-electron chi connectivity index (χ3n) is 2.24. The Morgan fingerprint density at radius 2 is 2.06 bits per heavy atom. The first-order valence-corrected chi connectivity index (χ1v) is 5.59. The number of nitrogens with zero attached hydrogens (tertiary/aromatic N) is 1. The summed E-state index contributed by atoms with van der Waals surface area (Å²) in [5.74, 6) is 0.209. The lowest BCUT2D eigenvalue weighted by atomic mass is 10.2. The molecule has 0 aliphatic rings. The summed E-state index contributed by atoms with van der Waals surface area (Å²) in [5, 5.41) is 9.32. The van der Waals surface area contributed by atoms with E-state index in [0.717, 1.165) is 5.56 Å². The predicted octanol–water partition coefficient (Wildman–Crippen LogP) is 2.36. The van der Waals surface area contributed by atoms with E-state index < -0.39 is 0 Å². The molecule has 1 aromatic carbocycles. The van der Waals surface area contributed by atoms with Gasteiger partial charge in [-0.2, -0.15) is 0 Å². The molecule has 3 nitrogen and oxygen atoms in total. The summed E-state index contributed by atoms with van der Waals surface area (Å²) in [6, 6.07) is 10.4. The fourth-order valence-corrected chi connectivity index (χ4v) is 1.86. The van der Waals surface area contributed by atoms with E-state index in [1.165, 1.54) is 0 Å². The van der Waals surface area contributed by atoms with Crippen molar-refractivity contribution < 1.29 is 5.11 Å². The first-order chi connectivity index (χ1) is 7.66. The Hall–Kier alpha value is -1.55. The first kappa shape index (κ1) is 11.0. The summed E-state index contributed by atoms with van der Waals surface area (Å²) in [5.41, 5.74) is 0.811. The highest BCUT2D eigenvalue weighted by atomic mass is 79.9. The Kier molecular flexibility index (Phi) is 3.10. The van der Waals surface area contributed by atoms with Crippen molar-refractivity contribution in [3.8, 4) is 5.75 Å². The molecular weight excluding hydrogens is 270 g/mol. The van der Waals surface area contributed by atoms with E-state index in [1.54, 1.807) is 41.1 Å². The van der Waals surface area contributed by atoms with Gasteiger partial charge in [0.15, 0.2) is 0 Å². The average Bonchev–Trinajstić information content (AvgIpc) is 2.25. The molecule has 1 N–H and O–H groups in total. The number of rotatable bonds is 2. The van der Waals surface area contributed by atoms with Crippen LogP contribution in [0, 0.1) is 0 Å².